The Morgan fingerprint density at radius 2 is 2.38 bits per heavy atom. The van der Waals surface area contributed by atoms with E-state index in [2.05, 4.69) is 18.0 Å². The summed E-state index contributed by atoms with van der Waals surface area (Å²) in [6.45, 7) is 5.27. The number of hydrogen-bond acceptors (Lipinski definition) is 5. The number of aliphatic imine (C=N–C) groups is 1. The molecule has 0 amide bonds. The Kier molecular flexibility index (Phi) is 5.15. The predicted octanol–water partition coefficient (Wildman–Crippen LogP) is 3.26. The van der Waals surface area contributed by atoms with Crippen molar-refractivity contribution in [3.8, 4) is 6.07 Å². The lowest BCUT2D eigenvalue weighted by atomic mass is 10.4. The molecule has 1 aromatic heterocycles. The molecule has 0 aliphatic rings. The van der Waals surface area contributed by atoms with E-state index >= 15 is 0 Å². The van der Waals surface area contributed by atoms with Crippen molar-refractivity contribution >= 4 is 35.8 Å². The van der Waals surface area contributed by atoms with E-state index in [0.717, 1.165) is 13.0 Å². The maximum absolute atomic E-state index is 8.97. The van der Waals surface area contributed by atoms with Crippen LogP contribution in [0, 0.1) is 15.3 Å². The highest BCUT2D eigenvalue weighted by atomic mass is 32.1. The molecule has 0 N–H and O–H groups in total. The number of ether oxygens (including phenoxy) is 1. The largest absolute Gasteiger partial charge is 0.483 e. The van der Waals surface area contributed by atoms with Crippen LogP contribution >= 0.6 is 23.6 Å². The second-order valence-corrected chi connectivity index (χ2v) is 4.62. The summed E-state index contributed by atoms with van der Waals surface area (Å²) in [5.41, 5.74) is 0. The first kappa shape index (κ1) is 12.9. The smallest absolute Gasteiger partial charge is 0.176 e. The topological polar surface area (TPSA) is 50.3 Å². The van der Waals surface area contributed by atoms with Crippen LogP contribution in [0.4, 0.5) is 5.82 Å². The van der Waals surface area contributed by atoms with Crippen molar-refractivity contribution in [3.05, 3.63) is 8.83 Å². The summed E-state index contributed by atoms with van der Waals surface area (Å²) in [5, 5.41) is 8.97. The maximum atomic E-state index is 8.97. The predicted molar refractivity (Wildman–Crippen MR) is 67.9 cm³/mol. The van der Waals surface area contributed by atoms with Crippen LogP contribution in [-0.2, 0) is 11.3 Å². The van der Waals surface area contributed by atoms with Crippen molar-refractivity contribution in [1.82, 2.24) is 4.57 Å². The van der Waals surface area contributed by atoms with Gasteiger partial charge in [0.25, 0.3) is 0 Å². The fourth-order valence-electron chi connectivity index (χ4n) is 1.18. The van der Waals surface area contributed by atoms with E-state index in [9.17, 15) is 0 Å². The standard InChI is InChI=1S/C10H13N3OS2/c1-3-5-13-9(12-7-14-4-2)8(6-11)16-10(13)15/h7H,3-5H2,1-2H3. The molecule has 1 rings (SSSR count). The second-order valence-electron chi connectivity index (χ2n) is 2.97. The highest BCUT2D eigenvalue weighted by Crippen LogP contribution is 2.26. The van der Waals surface area contributed by atoms with Crippen molar-refractivity contribution in [2.24, 2.45) is 4.99 Å². The third kappa shape index (κ3) is 2.90. The average Bonchev–Trinajstić information content (AvgIpc) is 2.58. The first-order chi connectivity index (χ1) is 7.74. The molecule has 1 heterocycles. The van der Waals surface area contributed by atoms with E-state index in [1.807, 2.05) is 11.5 Å². The normalized spacial score (nSPS) is 10.6. The van der Waals surface area contributed by atoms with Gasteiger partial charge in [-0.1, -0.05) is 18.3 Å². The van der Waals surface area contributed by atoms with Gasteiger partial charge in [0.05, 0.1) is 6.61 Å². The number of rotatable bonds is 5. The van der Waals surface area contributed by atoms with Crippen LogP contribution in [0.2, 0.25) is 0 Å². The summed E-state index contributed by atoms with van der Waals surface area (Å²) < 4.78 is 7.59. The fourth-order valence-corrected chi connectivity index (χ4v) is 2.37. The lowest BCUT2D eigenvalue weighted by Crippen LogP contribution is -1.96. The van der Waals surface area contributed by atoms with E-state index in [4.69, 9.17) is 22.2 Å². The Morgan fingerprint density at radius 1 is 1.62 bits per heavy atom. The van der Waals surface area contributed by atoms with Crippen LogP contribution in [0.3, 0.4) is 0 Å². The van der Waals surface area contributed by atoms with Gasteiger partial charge in [0.2, 0.25) is 0 Å². The van der Waals surface area contributed by atoms with Crippen LogP contribution in [-0.4, -0.2) is 17.6 Å². The van der Waals surface area contributed by atoms with Gasteiger partial charge in [-0.3, -0.25) is 0 Å². The molecule has 4 nitrogen and oxygen atoms in total. The molecule has 0 aliphatic carbocycles. The van der Waals surface area contributed by atoms with Crippen LogP contribution in [0.1, 0.15) is 25.1 Å². The van der Waals surface area contributed by atoms with Crippen molar-refractivity contribution in [2.75, 3.05) is 6.61 Å². The molecule has 1 aromatic rings. The van der Waals surface area contributed by atoms with E-state index in [1.165, 1.54) is 17.7 Å². The van der Waals surface area contributed by atoms with Crippen LogP contribution < -0.4 is 0 Å². The summed E-state index contributed by atoms with van der Waals surface area (Å²) in [5.74, 6) is 0.604. The SMILES string of the molecule is CCCn1c(N=COCC)c(C#N)sc1=S. The number of nitrogens with zero attached hydrogens (tertiary/aromatic N) is 3. The average molecular weight is 255 g/mol. The van der Waals surface area contributed by atoms with Gasteiger partial charge >= 0.3 is 0 Å². The molecular weight excluding hydrogens is 242 g/mol. The van der Waals surface area contributed by atoms with Gasteiger partial charge in [0, 0.05) is 6.54 Å². The zero-order valence-corrected chi connectivity index (χ0v) is 10.9. The van der Waals surface area contributed by atoms with E-state index in [1.54, 1.807) is 0 Å². The third-order valence-electron chi connectivity index (χ3n) is 1.83. The molecular formula is C10H13N3OS2. The fraction of sp³-hybridized carbons (Fsp3) is 0.500. The molecule has 16 heavy (non-hydrogen) atoms. The molecule has 0 unspecified atom stereocenters. The number of thiazole rings is 1. The summed E-state index contributed by atoms with van der Waals surface area (Å²) in [4.78, 5) is 4.68. The summed E-state index contributed by atoms with van der Waals surface area (Å²) in [7, 11) is 0. The molecule has 86 valence electrons. The van der Waals surface area contributed by atoms with Crippen molar-refractivity contribution < 1.29 is 4.74 Å². The molecule has 0 bridgehead atoms. The van der Waals surface area contributed by atoms with E-state index in [-0.39, 0.29) is 0 Å². The van der Waals surface area contributed by atoms with Gasteiger partial charge in [0.1, 0.15) is 6.07 Å². The zero-order valence-electron chi connectivity index (χ0n) is 9.27. The van der Waals surface area contributed by atoms with E-state index < -0.39 is 0 Å². The molecule has 0 spiro atoms. The van der Waals surface area contributed by atoms with Gasteiger partial charge < -0.3 is 9.30 Å². The molecule has 6 heteroatoms. The second kappa shape index (κ2) is 6.40. The molecule has 0 radical (unpaired) electrons. The zero-order chi connectivity index (χ0) is 12.0. The number of hydrogen-bond donors (Lipinski definition) is 0. The molecule has 0 aromatic carbocycles. The first-order valence-electron chi connectivity index (χ1n) is 5.02. The van der Waals surface area contributed by atoms with Crippen molar-refractivity contribution in [2.45, 2.75) is 26.8 Å². The van der Waals surface area contributed by atoms with Crippen molar-refractivity contribution in [1.29, 1.82) is 5.26 Å². The Hall–Kier alpha value is -1.19. The first-order valence-corrected chi connectivity index (χ1v) is 6.24. The highest BCUT2D eigenvalue weighted by Gasteiger charge is 2.10. The summed E-state index contributed by atoms with van der Waals surface area (Å²) in [6.07, 6.45) is 2.32. The molecule has 0 fully saturated rings. The maximum Gasteiger partial charge on any atom is 0.176 e. The summed E-state index contributed by atoms with van der Waals surface area (Å²) in [6, 6.07) is 2.10. The van der Waals surface area contributed by atoms with Crippen LogP contribution in [0.25, 0.3) is 0 Å². The third-order valence-corrected chi connectivity index (χ3v) is 3.18. The Labute approximate surface area is 104 Å². The number of nitriles is 1. The van der Waals surface area contributed by atoms with Gasteiger partial charge in [-0.2, -0.15) is 5.26 Å². The van der Waals surface area contributed by atoms with Gasteiger partial charge in [-0.25, -0.2) is 4.99 Å². The minimum absolute atomic E-state index is 0.536. The van der Waals surface area contributed by atoms with Gasteiger partial charge in [0.15, 0.2) is 21.0 Å². The number of aromatic nitrogens is 1. The van der Waals surface area contributed by atoms with Crippen molar-refractivity contribution in [3.63, 3.8) is 0 Å². The lowest BCUT2D eigenvalue weighted by molar-refractivity contribution is 0.343. The molecule has 0 saturated carbocycles. The minimum atomic E-state index is 0.536. The Balaban J connectivity index is 3.12. The molecule has 0 aliphatic heterocycles. The van der Waals surface area contributed by atoms with Gasteiger partial charge in [-0.15, -0.1) is 0 Å². The summed E-state index contributed by atoms with van der Waals surface area (Å²) >= 11 is 6.47. The Morgan fingerprint density at radius 3 is 2.94 bits per heavy atom. The quantitative estimate of drug-likeness (QED) is 0.461. The van der Waals surface area contributed by atoms with Crippen LogP contribution in [0.15, 0.2) is 4.99 Å². The van der Waals surface area contributed by atoms with Gasteiger partial charge in [-0.05, 0) is 25.6 Å². The monoisotopic (exact) mass is 255 g/mol. The molecule has 0 saturated heterocycles. The lowest BCUT2D eigenvalue weighted by Gasteiger charge is -2.02. The van der Waals surface area contributed by atoms with E-state index in [0.29, 0.717) is 21.3 Å². The Bertz CT molecular complexity index is 467. The molecule has 0 atom stereocenters. The highest BCUT2D eigenvalue weighted by molar-refractivity contribution is 7.73. The van der Waals surface area contributed by atoms with Crippen LogP contribution in [0.5, 0.6) is 0 Å². The minimum Gasteiger partial charge on any atom is -0.483 e.